The van der Waals surface area contributed by atoms with Crippen molar-refractivity contribution >= 4 is 34.5 Å². The molecule has 2 N–H and O–H groups in total. The molecule has 0 aliphatic carbocycles. The minimum atomic E-state index is -0.897. The molecule has 124 valence electrons. The predicted octanol–water partition coefficient (Wildman–Crippen LogP) is 3.07. The molecule has 3 aromatic carbocycles. The molecule has 0 saturated carbocycles. The molecule has 0 heterocycles. The van der Waals surface area contributed by atoms with Gasteiger partial charge in [-0.1, -0.05) is 42.5 Å². The molecule has 0 radical (unpaired) electrons. The largest absolute Gasteiger partial charge is 0.329 e. The molecule has 0 aliphatic rings. The SMILES string of the molecule is O=C(N/N=C/c1ccc(F)cc1)C(=O)Nc1ccc2ccccc2c1. The van der Waals surface area contributed by atoms with Crippen LogP contribution in [0.1, 0.15) is 5.56 Å². The number of hydrogen-bond acceptors (Lipinski definition) is 3. The number of rotatable bonds is 3. The number of amides is 2. The Morgan fingerprint density at radius 2 is 1.60 bits per heavy atom. The van der Waals surface area contributed by atoms with Crippen molar-refractivity contribution in [1.82, 2.24) is 5.43 Å². The van der Waals surface area contributed by atoms with Gasteiger partial charge < -0.3 is 5.32 Å². The fraction of sp³-hybridized carbons (Fsp3) is 0. The van der Waals surface area contributed by atoms with Gasteiger partial charge in [-0.05, 0) is 40.6 Å². The van der Waals surface area contributed by atoms with Gasteiger partial charge in [0.15, 0.2) is 0 Å². The lowest BCUT2D eigenvalue weighted by Crippen LogP contribution is -2.32. The van der Waals surface area contributed by atoms with Crippen molar-refractivity contribution in [3.8, 4) is 0 Å². The number of halogens is 1. The first-order chi connectivity index (χ1) is 12.1. The van der Waals surface area contributed by atoms with E-state index in [4.69, 9.17) is 0 Å². The molecule has 2 amide bonds. The quantitative estimate of drug-likeness (QED) is 0.439. The lowest BCUT2D eigenvalue weighted by atomic mass is 10.1. The van der Waals surface area contributed by atoms with Gasteiger partial charge in [0.25, 0.3) is 0 Å². The van der Waals surface area contributed by atoms with E-state index in [1.165, 1.54) is 30.5 Å². The van der Waals surface area contributed by atoms with Gasteiger partial charge in [0, 0.05) is 5.69 Å². The minimum absolute atomic E-state index is 0.365. The van der Waals surface area contributed by atoms with Crippen molar-refractivity contribution in [3.63, 3.8) is 0 Å². The average molecular weight is 335 g/mol. The van der Waals surface area contributed by atoms with Crippen LogP contribution in [0.2, 0.25) is 0 Å². The first kappa shape index (κ1) is 16.3. The second-order valence-corrected chi connectivity index (χ2v) is 5.27. The van der Waals surface area contributed by atoms with Crippen LogP contribution >= 0.6 is 0 Å². The number of anilines is 1. The Kier molecular flexibility index (Phi) is 4.80. The molecule has 6 heteroatoms. The average Bonchev–Trinajstić information content (AvgIpc) is 2.63. The Morgan fingerprint density at radius 1 is 0.880 bits per heavy atom. The van der Waals surface area contributed by atoms with E-state index in [0.717, 1.165) is 10.8 Å². The van der Waals surface area contributed by atoms with E-state index >= 15 is 0 Å². The van der Waals surface area contributed by atoms with Crippen LogP contribution in [0.25, 0.3) is 10.8 Å². The van der Waals surface area contributed by atoms with Crippen LogP contribution in [0, 0.1) is 5.82 Å². The fourth-order valence-electron chi connectivity index (χ4n) is 2.22. The van der Waals surface area contributed by atoms with Gasteiger partial charge in [-0.25, -0.2) is 9.82 Å². The van der Waals surface area contributed by atoms with E-state index in [2.05, 4.69) is 15.8 Å². The summed E-state index contributed by atoms with van der Waals surface area (Å²) in [5, 5.41) is 8.18. The van der Waals surface area contributed by atoms with E-state index in [0.29, 0.717) is 11.3 Å². The molecule has 0 fully saturated rings. The number of carbonyl (C=O) groups is 2. The Morgan fingerprint density at radius 3 is 2.36 bits per heavy atom. The Bertz CT molecular complexity index is 952. The van der Waals surface area contributed by atoms with E-state index in [9.17, 15) is 14.0 Å². The number of hydrogen-bond donors (Lipinski definition) is 2. The topological polar surface area (TPSA) is 70.6 Å². The molecule has 0 aliphatic heterocycles. The van der Waals surface area contributed by atoms with Gasteiger partial charge in [0.05, 0.1) is 6.21 Å². The highest BCUT2D eigenvalue weighted by molar-refractivity contribution is 6.39. The maximum Gasteiger partial charge on any atom is 0.329 e. The van der Waals surface area contributed by atoms with Crippen molar-refractivity contribution in [3.05, 3.63) is 78.1 Å². The standard InChI is InChI=1S/C19H14FN3O2/c20-16-8-5-13(6-9-16)12-21-23-19(25)18(24)22-17-10-7-14-3-1-2-4-15(14)11-17/h1-12H,(H,22,24)(H,23,25)/b21-12+. The molecule has 0 bridgehead atoms. The van der Waals surface area contributed by atoms with Crippen LogP contribution < -0.4 is 10.7 Å². The summed E-state index contributed by atoms with van der Waals surface area (Å²) in [6.45, 7) is 0. The first-order valence-electron chi connectivity index (χ1n) is 7.50. The first-order valence-corrected chi connectivity index (χ1v) is 7.50. The highest BCUT2D eigenvalue weighted by atomic mass is 19.1. The third kappa shape index (κ3) is 4.26. The highest BCUT2D eigenvalue weighted by Gasteiger charge is 2.12. The Labute approximate surface area is 143 Å². The van der Waals surface area contributed by atoms with Crippen LogP contribution in [-0.4, -0.2) is 18.0 Å². The fourth-order valence-corrected chi connectivity index (χ4v) is 2.22. The summed E-state index contributed by atoms with van der Waals surface area (Å²) >= 11 is 0. The molecule has 25 heavy (non-hydrogen) atoms. The zero-order chi connectivity index (χ0) is 17.6. The summed E-state index contributed by atoms with van der Waals surface area (Å²) in [5.41, 5.74) is 3.24. The van der Waals surface area contributed by atoms with Crippen molar-refractivity contribution in [2.24, 2.45) is 5.10 Å². The van der Waals surface area contributed by atoms with Crippen molar-refractivity contribution in [2.45, 2.75) is 0 Å². The monoisotopic (exact) mass is 335 g/mol. The number of carbonyl (C=O) groups excluding carboxylic acids is 2. The molecule has 3 rings (SSSR count). The Hall–Kier alpha value is -3.54. The molecule has 0 spiro atoms. The van der Waals surface area contributed by atoms with Crippen LogP contribution in [-0.2, 0) is 9.59 Å². The Balaban J connectivity index is 1.59. The molecular formula is C19H14FN3O2. The molecule has 0 aromatic heterocycles. The minimum Gasteiger partial charge on any atom is -0.318 e. The molecule has 0 saturated heterocycles. The number of nitrogens with one attached hydrogen (secondary N) is 2. The van der Waals surface area contributed by atoms with E-state index in [1.54, 1.807) is 12.1 Å². The predicted molar refractivity (Wildman–Crippen MR) is 94.7 cm³/mol. The van der Waals surface area contributed by atoms with Gasteiger partial charge in [0.1, 0.15) is 5.82 Å². The van der Waals surface area contributed by atoms with Gasteiger partial charge in [-0.15, -0.1) is 0 Å². The molecule has 3 aromatic rings. The summed E-state index contributed by atoms with van der Waals surface area (Å²) in [4.78, 5) is 23.6. The smallest absolute Gasteiger partial charge is 0.318 e. The number of nitrogens with zero attached hydrogens (tertiary/aromatic N) is 1. The normalized spacial score (nSPS) is 10.8. The summed E-state index contributed by atoms with van der Waals surface area (Å²) in [7, 11) is 0. The van der Waals surface area contributed by atoms with E-state index < -0.39 is 11.8 Å². The van der Waals surface area contributed by atoms with E-state index in [1.807, 2.05) is 30.3 Å². The zero-order valence-electron chi connectivity index (χ0n) is 13.1. The lowest BCUT2D eigenvalue weighted by molar-refractivity contribution is -0.136. The van der Waals surface area contributed by atoms with Crippen molar-refractivity contribution in [1.29, 1.82) is 0 Å². The summed E-state index contributed by atoms with van der Waals surface area (Å²) in [6.07, 6.45) is 1.32. The summed E-state index contributed by atoms with van der Waals surface area (Å²) < 4.78 is 12.8. The van der Waals surface area contributed by atoms with Crippen LogP contribution in [0.15, 0.2) is 71.8 Å². The summed E-state index contributed by atoms with van der Waals surface area (Å²) in [6, 6.07) is 18.6. The third-order valence-corrected chi connectivity index (χ3v) is 3.46. The van der Waals surface area contributed by atoms with E-state index in [-0.39, 0.29) is 5.82 Å². The van der Waals surface area contributed by atoms with Gasteiger partial charge in [0.2, 0.25) is 0 Å². The number of benzene rings is 3. The highest BCUT2D eigenvalue weighted by Crippen LogP contribution is 2.18. The third-order valence-electron chi connectivity index (χ3n) is 3.46. The van der Waals surface area contributed by atoms with Gasteiger partial charge in [-0.3, -0.25) is 9.59 Å². The summed E-state index contributed by atoms with van der Waals surface area (Å²) in [5.74, 6) is -2.09. The van der Waals surface area contributed by atoms with Crippen LogP contribution in [0.3, 0.4) is 0 Å². The van der Waals surface area contributed by atoms with Crippen LogP contribution in [0.4, 0.5) is 10.1 Å². The maximum absolute atomic E-state index is 12.8. The second-order valence-electron chi connectivity index (χ2n) is 5.27. The zero-order valence-corrected chi connectivity index (χ0v) is 13.1. The van der Waals surface area contributed by atoms with Crippen molar-refractivity contribution in [2.75, 3.05) is 5.32 Å². The molecular weight excluding hydrogens is 321 g/mol. The molecule has 5 nitrogen and oxygen atoms in total. The molecule has 0 unspecified atom stereocenters. The van der Waals surface area contributed by atoms with Gasteiger partial charge >= 0.3 is 11.8 Å². The van der Waals surface area contributed by atoms with Gasteiger partial charge in [-0.2, -0.15) is 5.10 Å². The number of fused-ring (bicyclic) bond motifs is 1. The second kappa shape index (κ2) is 7.35. The lowest BCUT2D eigenvalue weighted by Gasteiger charge is -2.05. The number of hydrazone groups is 1. The maximum atomic E-state index is 12.8. The van der Waals surface area contributed by atoms with Crippen molar-refractivity contribution < 1.29 is 14.0 Å². The molecule has 0 atom stereocenters. The van der Waals surface area contributed by atoms with Crippen LogP contribution in [0.5, 0.6) is 0 Å².